The van der Waals surface area contributed by atoms with Crippen LogP contribution in [0.1, 0.15) is 0 Å². The van der Waals surface area contributed by atoms with Crippen molar-refractivity contribution >= 4 is 17.1 Å². The molecule has 5 unspecified atom stereocenters. The Kier molecular flexibility index (Phi) is 5.26. The second-order valence-corrected chi connectivity index (χ2v) is 5.11. The number of anilines is 1. The van der Waals surface area contributed by atoms with E-state index in [9.17, 15) is 35.5 Å². The van der Waals surface area contributed by atoms with Crippen LogP contribution in [0.2, 0.25) is 0 Å². The van der Waals surface area contributed by atoms with Crippen LogP contribution in [0, 0.1) is 20.2 Å². The van der Waals surface area contributed by atoms with E-state index >= 15 is 0 Å². The number of aliphatic hydroxyl groups is 4. The Hall–Kier alpha value is -2.38. The second-order valence-electron chi connectivity index (χ2n) is 5.11. The van der Waals surface area contributed by atoms with Crippen molar-refractivity contribution in [3.63, 3.8) is 0 Å². The van der Waals surface area contributed by atoms with Crippen molar-refractivity contribution in [1.82, 2.24) is 0 Å². The van der Waals surface area contributed by atoms with Crippen LogP contribution < -0.4 is 5.32 Å². The van der Waals surface area contributed by atoms with Crippen LogP contribution in [0.25, 0.3) is 0 Å². The van der Waals surface area contributed by atoms with Crippen molar-refractivity contribution in [2.24, 2.45) is 0 Å². The highest BCUT2D eigenvalue weighted by Crippen LogP contribution is 2.31. The number of benzene rings is 1. The number of ether oxygens (including phenoxy) is 1. The minimum Gasteiger partial charge on any atom is -0.394 e. The lowest BCUT2D eigenvalue weighted by molar-refractivity contribution is -0.393. The summed E-state index contributed by atoms with van der Waals surface area (Å²) < 4.78 is 4.92. The quantitative estimate of drug-likeness (QED) is 0.317. The van der Waals surface area contributed by atoms with Gasteiger partial charge in [0.15, 0.2) is 6.29 Å². The van der Waals surface area contributed by atoms with Crippen molar-refractivity contribution in [3.8, 4) is 0 Å². The van der Waals surface area contributed by atoms with Crippen molar-refractivity contribution in [2.75, 3.05) is 11.9 Å². The molecule has 1 fully saturated rings. The summed E-state index contributed by atoms with van der Waals surface area (Å²) in [6.07, 6.45) is -6.07. The van der Waals surface area contributed by atoms with Gasteiger partial charge in [-0.1, -0.05) is 0 Å². The number of aliphatic hydroxyl groups excluding tert-OH is 4. The van der Waals surface area contributed by atoms with Crippen LogP contribution in [0.5, 0.6) is 0 Å². The lowest BCUT2D eigenvalue weighted by atomic mass is 9.96. The Morgan fingerprint density at radius 2 is 1.79 bits per heavy atom. The van der Waals surface area contributed by atoms with Crippen molar-refractivity contribution in [2.45, 2.75) is 30.6 Å². The van der Waals surface area contributed by atoms with Gasteiger partial charge in [-0.25, -0.2) is 0 Å². The zero-order valence-electron chi connectivity index (χ0n) is 12.1. The summed E-state index contributed by atoms with van der Waals surface area (Å²) in [5.74, 6) is 0. The predicted octanol–water partition coefficient (Wildman–Crippen LogP) is -1.29. The molecule has 5 atom stereocenters. The first-order valence-corrected chi connectivity index (χ1v) is 6.76. The van der Waals surface area contributed by atoms with Gasteiger partial charge in [0.1, 0.15) is 30.0 Å². The van der Waals surface area contributed by atoms with Crippen LogP contribution in [0.4, 0.5) is 17.1 Å². The van der Waals surface area contributed by atoms with Crippen LogP contribution in [-0.2, 0) is 4.74 Å². The minimum atomic E-state index is -1.68. The normalized spacial score (nSPS) is 29.9. The molecular formula is C12H15N3O9. The zero-order chi connectivity index (χ0) is 18.0. The number of rotatable bonds is 5. The Labute approximate surface area is 134 Å². The average molecular weight is 345 g/mol. The fourth-order valence-corrected chi connectivity index (χ4v) is 2.34. The maximum atomic E-state index is 11.1. The van der Waals surface area contributed by atoms with Crippen LogP contribution in [-0.4, -0.2) is 67.5 Å². The maximum absolute atomic E-state index is 11.1. The molecule has 1 aromatic carbocycles. The molecule has 12 heteroatoms. The summed E-state index contributed by atoms with van der Waals surface area (Å²) in [4.78, 5) is 20.1. The first-order valence-electron chi connectivity index (χ1n) is 6.76. The van der Waals surface area contributed by atoms with E-state index in [1.165, 1.54) is 0 Å². The molecule has 0 saturated carbocycles. The van der Waals surface area contributed by atoms with E-state index in [-0.39, 0.29) is 5.69 Å². The lowest BCUT2D eigenvalue weighted by Crippen LogP contribution is -2.61. The maximum Gasteiger partial charge on any atom is 0.299 e. The highest BCUT2D eigenvalue weighted by molar-refractivity contribution is 5.65. The molecule has 2 rings (SSSR count). The Bertz CT molecular complexity index is 640. The van der Waals surface area contributed by atoms with E-state index in [1.807, 2.05) is 0 Å². The Balaban J connectivity index is 2.30. The third-order valence-corrected chi connectivity index (χ3v) is 3.61. The molecule has 0 aliphatic carbocycles. The highest BCUT2D eigenvalue weighted by atomic mass is 16.6. The molecule has 132 valence electrons. The summed E-state index contributed by atoms with van der Waals surface area (Å²) in [5, 5.41) is 62.8. The number of nitro benzene ring substituents is 2. The Morgan fingerprint density at radius 1 is 1.12 bits per heavy atom. The first kappa shape index (κ1) is 18.0. The fraction of sp³-hybridized carbons (Fsp3) is 0.500. The standard InChI is InChI=1S/C12H15N3O9/c16-4-8-10(17)11(18)9(12(19)24-8)13-6-2-1-5(14(20)21)3-7(6)15(22)23/h1-3,8-13,16-19H,4H2. The van der Waals surface area contributed by atoms with Gasteiger partial charge in [-0.05, 0) is 6.07 Å². The number of hydrogen-bond acceptors (Lipinski definition) is 10. The summed E-state index contributed by atoms with van der Waals surface area (Å²) in [6, 6.07) is 1.41. The van der Waals surface area contributed by atoms with Gasteiger partial charge in [0.25, 0.3) is 11.4 Å². The molecule has 1 aliphatic rings. The fourth-order valence-electron chi connectivity index (χ4n) is 2.34. The number of nitrogens with zero attached hydrogens (tertiary/aromatic N) is 2. The molecule has 0 spiro atoms. The SMILES string of the molecule is O=[N+]([O-])c1ccc(NC2C(O)OC(CO)C(O)C2O)c([N+](=O)[O-])c1. The molecule has 0 aromatic heterocycles. The average Bonchev–Trinajstić information content (AvgIpc) is 2.54. The van der Waals surface area contributed by atoms with Crippen molar-refractivity contribution < 1.29 is 35.0 Å². The van der Waals surface area contributed by atoms with Gasteiger partial charge in [-0.3, -0.25) is 20.2 Å². The van der Waals surface area contributed by atoms with Crippen LogP contribution >= 0.6 is 0 Å². The molecule has 1 aromatic rings. The first-order chi connectivity index (χ1) is 11.3. The summed E-state index contributed by atoms with van der Waals surface area (Å²) >= 11 is 0. The van der Waals surface area contributed by atoms with Gasteiger partial charge in [0, 0.05) is 6.07 Å². The largest absolute Gasteiger partial charge is 0.394 e. The molecule has 0 radical (unpaired) electrons. The van der Waals surface area contributed by atoms with Crippen LogP contribution in [0.3, 0.4) is 0 Å². The summed E-state index contributed by atoms with van der Waals surface area (Å²) in [5.41, 5.74) is -1.37. The van der Waals surface area contributed by atoms with E-state index < -0.39 is 58.5 Å². The van der Waals surface area contributed by atoms with Crippen LogP contribution in [0.15, 0.2) is 18.2 Å². The van der Waals surface area contributed by atoms with Gasteiger partial charge >= 0.3 is 0 Å². The minimum absolute atomic E-state index is 0.216. The molecule has 5 N–H and O–H groups in total. The van der Waals surface area contributed by atoms with E-state index in [0.717, 1.165) is 18.2 Å². The van der Waals surface area contributed by atoms with E-state index in [4.69, 9.17) is 9.84 Å². The van der Waals surface area contributed by atoms with Gasteiger partial charge in [-0.2, -0.15) is 0 Å². The molecule has 0 bridgehead atoms. The monoisotopic (exact) mass is 345 g/mol. The molecule has 0 amide bonds. The number of nitro groups is 2. The summed E-state index contributed by atoms with van der Waals surface area (Å²) in [6.45, 7) is -0.653. The molecule has 12 nitrogen and oxygen atoms in total. The molecule has 1 aliphatic heterocycles. The molecule has 1 heterocycles. The smallest absolute Gasteiger partial charge is 0.299 e. The predicted molar refractivity (Wildman–Crippen MR) is 77.1 cm³/mol. The second kappa shape index (κ2) is 7.02. The van der Waals surface area contributed by atoms with E-state index in [1.54, 1.807) is 0 Å². The number of nitrogens with one attached hydrogen (secondary N) is 1. The van der Waals surface area contributed by atoms with E-state index in [2.05, 4.69) is 5.32 Å². The van der Waals surface area contributed by atoms with Gasteiger partial charge in [-0.15, -0.1) is 0 Å². The number of non-ortho nitro benzene ring substituents is 1. The summed E-state index contributed by atoms with van der Waals surface area (Å²) in [7, 11) is 0. The van der Waals surface area contributed by atoms with Gasteiger partial charge in [0.05, 0.1) is 22.5 Å². The topological polar surface area (TPSA) is 188 Å². The van der Waals surface area contributed by atoms with Gasteiger partial charge in [0.2, 0.25) is 0 Å². The molecule has 24 heavy (non-hydrogen) atoms. The van der Waals surface area contributed by atoms with Crippen molar-refractivity contribution in [3.05, 3.63) is 38.4 Å². The third-order valence-electron chi connectivity index (χ3n) is 3.61. The zero-order valence-corrected chi connectivity index (χ0v) is 12.1. The third kappa shape index (κ3) is 3.42. The van der Waals surface area contributed by atoms with Gasteiger partial charge < -0.3 is 30.5 Å². The molecule has 1 saturated heterocycles. The van der Waals surface area contributed by atoms with E-state index in [0.29, 0.717) is 0 Å². The lowest BCUT2D eigenvalue weighted by Gasteiger charge is -2.40. The van der Waals surface area contributed by atoms with Crippen molar-refractivity contribution in [1.29, 1.82) is 0 Å². The highest BCUT2D eigenvalue weighted by Gasteiger charge is 2.44. The number of hydrogen-bond donors (Lipinski definition) is 5. The Morgan fingerprint density at radius 3 is 2.33 bits per heavy atom. The molecular weight excluding hydrogens is 330 g/mol.